The van der Waals surface area contributed by atoms with Crippen molar-refractivity contribution in [1.82, 2.24) is 4.31 Å². The lowest BCUT2D eigenvalue weighted by atomic mass is 9.95. The van der Waals surface area contributed by atoms with E-state index in [1.165, 1.54) is 4.31 Å². The summed E-state index contributed by atoms with van der Waals surface area (Å²) >= 11 is 6.19. The molecule has 0 spiro atoms. The van der Waals surface area contributed by atoms with Gasteiger partial charge in [-0.3, -0.25) is 4.99 Å². The molecular formula is C23H21ClN2O2S. The van der Waals surface area contributed by atoms with Gasteiger partial charge in [0.1, 0.15) is 11.9 Å². The van der Waals surface area contributed by atoms with Crippen molar-refractivity contribution in [3.63, 3.8) is 0 Å². The van der Waals surface area contributed by atoms with Crippen LogP contribution >= 0.6 is 11.6 Å². The highest BCUT2D eigenvalue weighted by Crippen LogP contribution is 2.45. The lowest BCUT2D eigenvalue weighted by Gasteiger charge is -2.30. The molecule has 29 heavy (non-hydrogen) atoms. The van der Waals surface area contributed by atoms with Gasteiger partial charge in [-0.2, -0.15) is 0 Å². The predicted molar refractivity (Wildman–Crippen MR) is 117 cm³/mol. The fourth-order valence-electron chi connectivity index (χ4n) is 3.66. The number of sulfonamides is 1. The number of benzene rings is 3. The molecule has 0 bridgehead atoms. The van der Waals surface area contributed by atoms with E-state index in [1.807, 2.05) is 67.6 Å². The third kappa shape index (κ3) is 3.68. The Labute approximate surface area is 176 Å². The van der Waals surface area contributed by atoms with Gasteiger partial charge in [-0.1, -0.05) is 78.4 Å². The molecule has 3 aromatic carbocycles. The van der Waals surface area contributed by atoms with Crippen molar-refractivity contribution in [2.75, 3.05) is 5.88 Å². The van der Waals surface area contributed by atoms with E-state index in [0.29, 0.717) is 5.84 Å². The van der Waals surface area contributed by atoms with Crippen LogP contribution < -0.4 is 0 Å². The molecule has 1 aliphatic heterocycles. The van der Waals surface area contributed by atoms with E-state index in [0.717, 1.165) is 16.7 Å². The van der Waals surface area contributed by atoms with E-state index < -0.39 is 16.1 Å². The molecule has 4 nitrogen and oxygen atoms in total. The molecule has 148 valence electrons. The Morgan fingerprint density at radius 3 is 1.97 bits per heavy atom. The number of halogens is 1. The highest BCUT2D eigenvalue weighted by molar-refractivity contribution is 7.89. The van der Waals surface area contributed by atoms with Gasteiger partial charge in [-0.05, 0) is 30.2 Å². The van der Waals surface area contributed by atoms with Crippen LogP contribution in [0.15, 0.2) is 94.8 Å². The summed E-state index contributed by atoms with van der Waals surface area (Å²) in [4.78, 5) is 4.99. The van der Waals surface area contributed by atoms with E-state index in [2.05, 4.69) is 0 Å². The maximum atomic E-state index is 13.7. The van der Waals surface area contributed by atoms with E-state index in [1.54, 1.807) is 24.3 Å². The molecule has 0 aromatic heterocycles. The van der Waals surface area contributed by atoms with Crippen LogP contribution in [0.4, 0.5) is 0 Å². The van der Waals surface area contributed by atoms with Crippen molar-refractivity contribution in [2.24, 2.45) is 4.99 Å². The molecule has 0 saturated carbocycles. The van der Waals surface area contributed by atoms with Crippen LogP contribution in [0.2, 0.25) is 0 Å². The molecule has 4 rings (SSSR count). The Hall–Kier alpha value is -2.63. The highest BCUT2D eigenvalue weighted by atomic mass is 35.5. The summed E-state index contributed by atoms with van der Waals surface area (Å²) < 4.78 is 28.7. The van der Waals surface area contributed by atoms with Crippen LogP contribution in [0, 0.1) is 6.92 Å². The molecule has 1 heterocycles. The standard InChI is InChI=1S/C23H21ClN2O2S/c1-17-12-14-20(15-13-17)29(27,28)26-21(16-24)25-22(18-8-4-2-5-9-18)23(26)19-10-6-3-7-11-19/h2-15,22-23H,16H2,1H3/t22-,23-/m0/s1. The van der Waals surface area contributed by atoms with Gasteiger partial charge in [-0.15, -0.1) is 11.6 Å². The maximum Gasteiger partial charge on any atom is 0.265 e. The van der Waals surface area contributed by atoms with Crippen molar-refractivity contribution in [3.05, 3.63) is 102 Å². The van der Waals surface area contributed by atoms with E-state index in [4.69, 9.17) is 16.6 Å². The molecule has 0 aliphatic carbocycles. The smallest absolute Gasteiger partial charge is 0.260 e. The second kappa shape index (κ2) is 8.01. The third-order valence-corrected chi connectivity index (χ3v) is 7.14. The quantitative estimate of drug-likeness (QED) is 0.534. The minimum absolute atomic E-state index is 0.0117. The summed E-state index contributed by atoms with van der Waals surface area (Å²) in [6.45, 7) is 1.93. The fourth-order valence-corrected chi connectivity index (χ4v) is 5.56. The molecule has 0 saturated heterocycles. The zero-order valence-corrected chi connectivity index (χ0v) is 17.5. The maximum absolute atomic E-state index is 13.7. The number of aryl methyl sites for hydroxylation is 1. The van der Waals surface area contributed by atoms with Crippen LogP contribution in [0.5, 0.6) is 0 Å². The minimum atomic E-state index is -3.84. The molecule has 6 heteroatoms. The first-order chi connectivity index (χ1) is 14.0. The van der Waals surface area contributed by atoms with Gasteiger partial charge in [0.25, 0.3) is 10.0 Å². The fraction of sp³-hybridized carbons (Fsp3) is 0.174. The zero-order chi connectivity index (χ0) is 20.4. The first-order valence-corrected chi connectivity index (χ1v) is 11.3. The lowest BCUT2D eigenvalue weighted by molar-refractivity contribution is 0.419. The van der Waals surface area contributed by atoms with Gasteiger partial charge in [0.2, 0.25) is 0 Å². The summed E-state index contributed by atoms with van der Waals surface area (Å²) in [6.07, 6.45) is 0. The molecule has 0 amide bonds. The van der Waals surface area contributed by atoms with Crippen LogP contribution in [0.3, 0.4) is 0 Å². The SMILES string of the molecule is Cc1ccc(S(=O)(=O)N2C(CCl)=N[C@@H](c3ccccc3)[C@@H]2c2ccccc2)cc1. The molecule has 1 aliphatic rings. The van der Waals surface area contributed by atoms with Crippen molar-refractivity contribution in [2.45, 2.75) is 23.9 Å². The van der Waals surface area contributed by atoms with Crippen molar-refractivity contribution in [1.29, 1.82) is 0 Å². The molecule has 0 radical (unpaired) electrons. The second-order valence-corrected chi connectivity index (χ2v) is 9.09. The van der Waals surface area contributed by atoms with E-state index in [9.17, 15) is 8.42 Å². The molecule has 0 unspecified atom stereocenters. The number of alkyl halides is 1. The molecular weight excluding hydrogens is 404 g/mol. The number of amidine groups is 1. The molecule has 3 aromatic rings. The van der Waals surface area contributed by atoms with Gasteiger partial charge < -0.3 is 0 Å². The van der Waals surface area contributed by atoms with E-state index in [-0.39, 0.29) is 16.8 Å². The Kier molecular flexibility index (Phi) is 5.43. The van der Waals surface area contributed by atoms with E-state index >= 15 is 0 Å². The molecule has 0 fully saturated rings. The summed E-state index contributed by atoms with van der Waals surface area (Å²) in [5.74, 6) is 0.368. The number of aliphatic imine (C=N–C) groups is 1. The van der Waals surface area contributed by atoms with Gasteiger partial charge >= 0.3 is 0 Å². The van der Waals surface area contributed by atoms with Gasteiger partial charge in [0, 0.05) is 0 Å². The largest absolute Gasteiger partial charge is 0.265 e. The zero-order valence-electron chi connectivity index (χ0n) is 15.9. The lowest BCUT2D eigenvalue weighted by Crippen LogP contribution is -2.38. The first-order valence-electron chi connectivity index (χ1n) is 9.36. The van der Waals surface area contributed by atoms with Crippen LogP contribution in [0.1, 0.15) is 28.8 Å². The number of hydrogen-bond donors (Lipinski definition) is 0. The number of rotatable bonds is 5. The van der Waals surface area contributed by atoms with Gasteiger partial charge in [-0.25, -0.2) is 12.7 Å². The first kappa shape index (κ1) is 19.7. The average molecular weight is 425 g/mol. The van der Waals surface area contributed by atoms with Gasteiger partial charge in [0.15, 0.2) is 0 Å². The molecule has 2 atom stereocenters. The van der Waals surface area contributed by atoms with Crippen molar-refractivity contribution in [3.8, 4) is 0 Å². The molecule has 0 N–H and O–H groups in total. The third-order valence-electron chi connectivity index (χ3n) is 5.07. The monoisotopic (exact) mass is 424 g/mol. The summed E-state index contributed by atoms with van der Waals surface area (Å²) in [5.41, 5.74) is 2.82. The summed E-state index contributed by atoms with van der Waals surface area (Å²) in [5, 5.41) is 0. The Morgan fingerprint density at radius 2 is 1.41 bits per heavy atom. The number of nitrogens with zero attached hydrogens (tertiary/aromatic N) is 2. The summed E-state index contributed by atoms with van der Waals surface area (Å²) in [7, 11) is -3.84. The Balaban J connectivity index is 1.88. The second-order valence-electron chi connectivity index (χ2n) is 7.00. The van der Waals surface area contributed by atoms with Crippen molar-refractivity contribution >= 4 is 27.5 Å². The summed E-state index contributed by atoms with van der Waals surface area (Å²) in [6, 6.07) is 25.3. The van der Waals surface area contributed by atoms with Crippen LogP contribution in [-0.4, -0.2) is 24.4 Å². The number of hydrogen-bond acceptors (Lipinski definition) is 3. The topological polar surface area (TPSA) is 49.7 Å². The minimum Gasteiger partial charge on any atom is -0.260 e. The predicted octanol–water partition coefficient (Wildman–Crippen LogP) is 5.12. The van der Waals surface area contributed by atoms with Crippen LogP contribution in [0.25, 0.3) is 0 Å². The average Bonchev–Trinajstić information content (AvgIpc) is 3.16. The van der Waals surface area contributed by atoms with Crippen LogP contribution in [-0.2, 0) is 10.0 Å². The normalized spacial score (nSPS) is 19.2. The highest BCUT2D eigenvalue weighted by Gasteiger charge is 2.44. The van der Waals surface area contributed by atoms with Gasteiger partial charge in [0.05, 0.1) is 16.8 Å². The van der Waals surface area contributed by atoms with Crippen molar-refractivity contribution < 1.29 is 8.42 Å². The Bertz CT molecular complexity index is 1110. The Morgan fingerprint density at radius 1 is 0.862 bits per heavy atom.